The molecule has 8 nitrogen and oxygen atoms in total. The lowest BCUT2D eigenvalue weighted by atomic mass is 9.57. The van der Waals surface area contributed by atoms with Crippen molar-refractivity contribution in [3.05, 3.63) is 91.1 Å². The summed E-state index contributed by atoms with van der Waals surface area (Å²) < 4.78 is 7.63. The average molecular weight is 800 g/mol. The van der Waals surface area contributed by atoms with Crippen LogP contribution < -0.4 is 14.5 Å². The van der Waals surface area contributed by atoms with Crippen molar-refractivity contribution in [2.75, 3.05) is 16.9 Å². The summed E-state index contributed by atoms with van der Waals surface area (Å²) in [6, 6.07) is 19.4. The van der Waals surface area contributed by atoms with E-state index in [4.69, 9.17) is 4.74 Å². The molecule has 1 saturated carbocycles. The van der Waals surface area contributed by atoms with Gasteiger partial charge in [-0.3, -0.25) is 29.0 Å². The zero-order chi connectivity index (χ0) is 30.2. The van der Waals surface area contributed by atoms with Crippen LogP contribution in [0.2, 0.25) is 0 Å². The lowest BCUT2D eigenvalue weighted by Crippen LogP contribution is -2.43. The van der Waals surface area contributed by atoms with Gasteiger partial charge >= 0.3 is 0 Å². The van der Waals surface area contributed by atoms with E-state index in [9.17, 15) is 24.3 Å². The van der Waals surface area contributed by atoms with Crippen LogP contribution in [0.3, 0.4) is 0 Å². The van der Waals surface area contributed by atoms with Gasteiger partial charge in [0.05, 0.1) is 42.2 Å². The highest BCUT2D eigenvalue weighted by Crippen LogP contribution is 2.60. The molecule has 3 fully saturated rings. The van der Waals surface area contributed by atoms with E-state index < -0.39 is 35.5 Å². The van der Waals surface area contributed by atoms with Crippen molar-refractivity contribution in [3.63, 3.8) is 0 Å². The number of fused-ring (bicyclic) bond motifs is 4. The maximum Gasteiger partial charge on any atom is 0.238 e. The Labute approximate surface area is 275 Å². The van der Waals surface area contributed by atoms with Crippen molar-refractivity contribution in [1.29, 1.82) is 0 Å². The van der Waals surface area contributed by atoms with Crippen molar-refractivity contribution < 1.29 is 29.0 Å². The molecule has 10 heteroatoms. The zero-order valence-corrected chi connectivity index (χ0v) is 27.3. The number of carbonyl (C=O) groups is 4. The van der Waals surface area contributed by atoms with Gasteiger partial charge in [0.1, 0.15) is 11.5 Å². The van der Waals surface area contributed by atoms with Crippen molar-refractivity contribution >= 4 is 80.2 Å². The summed E-state index contributed by atoms with van der Waals surface area (Å²) in [5.74, 6) is -4.82. The summed E-state index contributed by atoms with van der Waals surface area (Å²) >= 11 is 4.35. The van der Waals surface area contributed by atoms with E-state index in [1.807, 2.05) is 30.3 Å². The summed E-state index contributed by atoms with van der Waals surface area (Å²) in [6.45, 7) is 0. The van der Waals surface area contributed by atoms with Crippen molar-refractivity contribution in [1.82, 2.24) is 0 Å². The highest BCUT2D eigenvalue weighted by Gasteiger charge is 2.62. The summed E-state index contributed by atoms with van der Waals surface area (Å²) in [5, 5.41) is 11.2. The SMILES string of the molecule is COc1cccc(O)c1[C@H]1C2=CC[C@@H]3C(=O)N(c4ccc(I)cc4)C(=O)[C@@H]3[C@@H]2C[C@H]2C(=O)N(c3ccc(I)cc3)C(=O)[C@@H]12. The van der Waals surface area contributed by atoms with Gasteiger partial charge in [0.15, 0.2) is 0 Å². The van der Waals surface area contributed by atoms with Gasteiger partial charge in [-0.1, -0.05) is 17.7 Å². The van der Waals surface area contributed by atoms with E-state index in [0.29, 0.717) is 29.1 Å². The Morgan fingerprint density at radius 3 is 1.86 bits per heavy atom. The van der Waals surface area contributed by atoms with E-state index >= 15 is 0 Å². The minimum absolute atomic E-state index is 0.0472. The normalized spacial score (nSPS) is 28.0. The molecule has 4 aliphatic rings. The van der Waals surface area contributed by atoms with Gasteiger partial charge in [-0.15, -0.1) is 0 Å². The van der Waals surface area contributed by atoms with E-state index in [-0.39, 0.29) is 35.8 Å². The number of aromatic hydroxyl groups is 1. The Morgan fingerprint density at radius 1 is 0.721 bits per heavy atom. The lowest BCUT2D eigenvalue weighted by molar-refractivity contribution is -0.126. The fourth-order valence-electron chi connectivity index (χ4n) is 7.62. The largest absolute Gasteiger partial charge is 0.508 e. The number of anilines is 2. The van der Waals surface area contributed by atoms with Gasteiger partial charge in [0, 0.05) is 18.6 Å². The molecule has 2 aliphatic carbocycles. The van der Waals surface area contributed by atoms with Crippen molar-refractivity contribution in [3.8, 4) is 11.5 Å². The number of ether oxygens (including phenoxy) is 1. The molecule has 6 atom stereocenters. The van der Waals surface area contributed by atoms with Crippen LogP contribution >= 0.6 is 45.2 Å². The smallest absolute Gasteiger partial charge is 0.238 e. The number of phenols is 1. The number of halogens is 2. The van der Waals surface area contributed by atoms with Gasteiger partial charge in [-0.05, 0) is 125 Å². The van der Waals surface area contributed by atoms with Crippen LogP contribution in [-0.4, -0.2) is 35.8 Å². The number of carbonyl (C=O) groups excluding carboxylic acids is 4. The van der Waals surface area contributed by atoms with Crippen LogP contribution in [0.1, 0.15) is 24.3 Å². The minimum Gasteiger partial charge on any atom is -0.508 e. The number of imide groups is 2. The average Bonchev–Trinajstić information content (AvgIpc) is 3.41. The zero-order valence-electron chi connectivity index (χ0n) is 22.9. The van der Waals surface area contributed by atoms with Crippen LogP contribution in [0.15, 0.2) is 78.4 Å². The molecule has 0 unspecified atom stereocenters. The third-order valence-corrected chi connectivity index (χ3v) is 10.8. The fraction of sp³-hybridized carbons (Fsp3) is 0.273. The maximum absolute atomic E-state index is 14.2. The Hall–Kier alpha value is -3.26. The predicted molar refractivity (Wildman–Crippen MR) is 175 cm³/mol. The second-order valence-corrected chi connectivity index (χ2v) is 13.9. The van der Waals surface area contributed by atoms with Crippen LogP contribution in [0.25, 0.3) is 0 Å². The standard InChI is InChI=1S/C33H26I2N2O6/c1-43-25-4-2-3-24(38)29(25)27-20-13-14-21-26(32(41)36(30(21)39)18-9-5-16(34)6-10-18)22(20)15-23-28(27)33(42)37(31(23)40)19-11-7-17(35)8-12-19/h2-13,21-23,26-28,38H,14-15H2,1H3/t21-,22+,23+,26-,27-,28+/m0/s1. The van der Waals surface area contributed by atoms with E-state index in [2.05, 4.69) is 45.2 Å². The highest BCUT2D eigenvalue weighted by molar-refractivity contribution is 14.1. The first-order chi connectivity index (χ1) is 20.7. The van der Waals surface area contributed by atoms with Crippen molar-refractivity contribution in [2.45, 2.75) is 18.8 Å². The second kappa shape index (κ2) is 10.7. The molecule has 0 radical (unpaired) electrons. The number of hydrogen-bond donors (Lipinski definition) is 1. The molecule has 1 N–H and O–H groups in total. The number of hydrogen-bond acceptors (Lipinski definition) is 6. The fourth-order valence-corrected chi connectivity index (χ4v) is 8.34. The quantitative estimate of drug-likeness (QED) is 0.208. The Morgan fingerprint density at radius 2 is 1.28 bits per heavy atom. The second-order valence-electron chi connectivity index (χ2n) is 11.4. The molecule has 0 bridgehead atoms. The van der Waals surface area contributed by atoms with Gasteiger partial charge < -0.3 is 9.84 Å². The number of rotatable bonds is 4. The number of allylic oxidation sites excluding steroid dienone is 2. The minimum atomic E-state index is -0.799. The third kappa shape index (κ3) is 4.34. The van der Waals surface area contributed by atoms with Gasteiger partial charge in [-0.25, -0.2) is 0 Å². The molecule has 0 spiro atoms. The Balaban J connectivity index is 1.36. The predicted octanol–water partition coefficient (Wildman–Crippen LogP) is 5.66. The molecule has 2 heterocycles. The van der Waals surface area contributed by atoms with Gasteiger partial charge in [-0.2, -0.15) is 0 Å². The lowest BCUT2D eigenvalue weighted by Gasteiger charge is -2.44. The van der Waals surface area contributed by atoms with Crippen LogP contribution in [0.5, 0.6) is 11.5 Å². The topological polar surface area (TPSA) is 104 Å². The molecule has 2 aliphatic heterocycles. The number of amides is 4. The molecule has 3 aromatic rings. The summed E-state index contributed by atoms with van der Waals surface area (Å²) in [4.78, 5) is 58.7. The van der Waals surface area contributed by atoms with Crippen molar-refractivity contribution in [2.24, 2.45) is 29.6 Å². The first-order valence-electron chi connectivity index (χ1n) is 14.0. The Kier molecular flexibility index (Phi) is 7.11. The molecule has 43 heavy (non-hydrogen) atoms. The van der Waals surface area contributed by atoms with Crippen LogP contribution in [-0.2, 0) is 19.2 Å². The third-order valence-electron chi connectivity index (χ3n) is 9.39. The highest BCUT2D eigenvalue weighted by atomic mass is 127. The first kappa shape index (κ1) is 28.5. The van der Waals surface area contributed by atoms with Gasteiger partial charge in [0.25, 0.3) is 0 Å². The van der Waals surface area contributed by atoms with E-state index in [0.717, 1.165) is 12.7 Å². The maximum atomic E-state index is 14.2. The molecule has 2 saturated heterocycles. The number of phenolic OH excluding ortho intramolecular Hbond substituents is 1. The number of nitrogens with zero attached hydrogens (tertiary/aromatic N) is 2. The molecular formula is C33H26I2N2O6. The molecule has 4 amide bonds. The molecule has 0 aromatic heterocycles. The number of methoxy groups -OCH3 is 1. The monoisotopic (exact) mass is 800 g/mol. The first-order valence-corrected chi connectivity index (χ1v) is 16.2. The van der Waals surface area contributed by atoms with E-state index in [1.54, 1.807) is 42.5 Å². The summed E-state index contributed by atoms with van der Waals surface area (Å²) in [6.07, 6.45) is 2.55. The molecule has 3 aromatic carbocycles. The van der Waals surface area contributed by atoms with Crippen LogP contribution in [0.4, 0.5) is 11.4 Å². The molecule has 218 valence electrons. The summed E-state index contributed by atoms with van der Waals surface area (Å²) in [5.41, 5.74) is 2.24. The van der Waals surface area contributed by atoms with Crippen LogP contribution in [0, 0.1) is 36.7 Å². The Bertz CT molecular complexity index is 1720. The van der Waals surface area contributed by atoms with Gasteiger partial charge in [0.2, 0.25) is 23.6 Å². The molecular weight excluding hydrogens is 774 g/mol. The van der Waals surface area contributed by atoms with E-state index in [1.165, 1.54) is 16.9 Å². The summed E-state index contributed by atoms with van der Waals surface area (Å²) in [7, 11) is 1.50. The number of benzene rings is 3. The molecule has 7 rings (SSSR count).